The van der Waals surface area contributed by atoms with Crippen molar-refractivity contribution >= 4 is 22.5 Å². The van der Waals surface area contributed by atoms with E-state index in [2.05, 4.69) is 38.4 Å². The lowest BCUT2D eigenvalue weighted by Gasteiger charge is -2.28. The standard InChI is InChI=1S/C22H24N4O2/c1-16-13-21(26-9-11-28-12-10-26)25-20(24-16)15-23-22(27)14-18-7-4-6-17-5-2-3-8-19(17)18/h2-8,13H,9-12,14-15H2,1H3,(H,23,27). The van der Waals surface area contributed by atoms with Crippen LogP contribution in [0.4, 0.5) is 5.82 Å². The van der Waals surface area contributed by atoms with Gasteiger partial charge in [0.2, 0.25) is 5.91 Å². The Morgan fingerprint density at radius 1 is 1.11 bits per heavy atom. The number of hydrogen-bond donors (Lipinski definition) is 1. The summed E-state index contributed by atoms with van der Waals surface area (Å²) >= 11 is 0. The van der Waals surface area contributed by atoms with Crippen molar-refractivity contribution in [3.05, 3.63) is 65.6 Å². The molecule has 3 aromatic rings. The Balaban J connectivity index is 1.42. The van der Waals surface area contributed by atoms with Crippen molar-refractivity contribution in [2.24, 2.45) is 0 Å². The summed E-state index contributed by atoms with van der Waals surface area (Å²) in [6, 6.07) is 16.1. The van der Waals surface area contributed by atoms with Gasteiger partial charge in [-0.2, -0.15) is 0 Å². The molecule has 0 saturated carbocycles. The molecule has 0 aliphatic carbocycles. The topological polar surface area (TPSA) is 67.3 Å². The number of amides is 1. The third-order valence-corrected chi connectivity index (χ3v) is 4.90. The fourth-order valence-corrected chi connectivity index (χ4v) is 3.51. The Hall–Kier alpha value is -2.99. The maximum Gasteiger partial charge on any atom is 0.224 e. The highest BCUT2D eigenvalue weighted by molar-refractivity contribution is 5.90. The predicted octanol–water partition coefficient (Wildman–Crippen LogP) is 2.63. The zero-order valence-electron chi connectivity index (χ0n) is 16.0. The molecule has 1 amide bonds. The van der Waals surface area contributed by atoms with Crippen LogP contribution in [0, 0.1) is 6.92 Å². The van der Waals surface area contributed by atoms with Gasteiger partial charge in [-0.3, -0.25) is 4.79 Å². The normalized spacial score (nSPS) is 14.2. The third kappa shape index (κ3) is 4.28. The summed E-state index contributed by atoms with van der Waals surface area (Å²) in [4.78, 5) is 23.8. The van der Waals surface area contributed by atoms with E-state index in [0.29, 0.717) is 32.0 Å². The highest BCUT2D eigenvalue weighted by Crippen LogP contribution is 2.19. The van der Waals surface area contributed by atoms with E-state index in [-0.39, 0.29) is 5.91 Å². The highest BCUT2D eigenvalue weighted by Gasteiger charge is 2.14. The van der Waals surface area contributed by atoms with E-state index in [4.69, 9.17) is 4.74 Å². The van der Waals surface area contributed by atoms with Gasteiger partial charge in [0, 0.05) is 24.8 Å². The van der Waals surface area contributed by atoms with E-state index >= 15 is 0 Å². The van der Waals surface area contributed by atoms with Crippen LogP contribution in [0.1, 0.15) is 17.1 Å². The summed E-state index contributed by atoms with van der Waals surface area (Å²) in [7, 11) is 0. The van der Waals surface area contributed by atoms with E-state index in [1.54, 1.807) is 0 Å². The molecule has 2 heterocycles. The van der Waals surface area contributed by atoms with Crippen LogP contribution >= 0.6 is 0 Å². The molecule has 1 aliphatic rings. The first kappa shape index (κ1) is 18.4. The second-order valence-corrected chi connectivity index (χ2v) is 6.97. The lowest BCUT2D eigenvalue weighted by atomic mass is 10.0. The number of benzene rings is 2. The van der Waals surface area contributed by atoms with E-state index in [9.17, 15) is 4.79 Å². The molecule has 6 heteroatoms. The van der Waals surface area contributed by atoms with Gasteiger partial charge in [-0.05, 0) is 23.3 Å². The number of carbonyl (C=O) groups excluding carboxylic acids is 1. The Kier molecular flexibility index (Phi) is 5.48. The molecule has 0 unspecified atom stereocenters. The van der Waals surface area contributed by atoms with Gasteiger partial charge in [0.25, 0.3) is 0 Å². The maximum absolute atomic E-state index is 12.5. The maximum atomic E-state index is 12.5. The fraction of sp³-hybridized carbons (Fsp3) is 0.318. The van der Waals surface area contributed by atoms with Crippen LogP contribution in [0.15, 0.2) is 48.5 Å². The molecule has 0 bridgehead atoms. The average Bonchev–Trinajstić information content (AvgIpc) is 2.73. The second kappa shape index (κ2) is 8.35. The first-order valence-corrected chi connectivity index (χ1v) is 9.59. The summed E-state index contributed by atoms with van der Waals surface area (Å²) < 4.78 is 5.41. The van der Waals surface area contributed by atoms with Gasteiger partial charge < -0.3 is 15.0 Å². The number of hydrogen-bond acceptors (Lipinski definition) is 5. The van der Waals surface area contributed by atoms with Crippen molar-refractivity contribution < 1.29 is 9.53 Å². The molecular formula is C22H24N4O2. The molecule has 1 fully saturated rings. The molecule has 28 heavy (non-hydrogen) atoms. The molecule has 0 atom stereocenters. The van der Waals surface area contributed by atoms with Crippen LogP contribution in [0.2, 0.25) is 0 Å². The Morgan fingerprint density at radius 3 is 2.75 bits per heavy atom. The third-order valence-electron chi connectivity index (χ3n) is 4.90. The van der Waals surface area contributed by atoms with Crippen molar-refractivity contribution in [3.63, 3.8) is 0 Å². The minimum atomic E-state index is -0.0330. The van der Waals surface area contributed by atoms with Crippen LogP contribution in [-0.2, 0) is 22.5 Å². The number of nitrogens with zero attached hydrogens (tertiary/aromatic N) is 3. The Bertz CT molecular complexity index is 978. The summed E-state index contributed by atoms with van der Waals surface area (Å²) in [5.74, 6) is 1.50. The van der Waals surface area contributed by atoms with Crippen molar-refractivity contribution in [2.75, 3.05) is 31.2 Å². The molecule has 2 aromatic carbocycles. The van der Waals surface area contributed by atoms with Gasteiger partial charge in [0.1, 0.15) is 11.6 Å². The number of nitrogens with one attached hydrogen (secondary N) is 1. The fourth-order valence-electron chi connectivity index (χ4n) is 3.51. The number of aromatic nitrogens is 2. The van der Waals surface area contributed by atoms with Crippen LogP contribution in [0.25, 0.3) is 10.8 Å². The van der Waals surface area contributed by atoms with Crippen molar-refractivity contribution in [1.29, 1.82) is 0 Å². The van der Waals surface area contributed by atoms with E-state index in [1.165, 1.54) is 0 Å². The summed E-state index contributed by atoms with van der Waals surface area (Å²) in [6.45, 7) is 5.34. The molecule has 4 rings (SSSR count). The largest absolute Gasteiger partial charge is 0.378 e. The molecule has 144 valence electrons. The van der Waals surface area contributed by atoms with Gasteiger partial charge in [-0.25, -0.2) is 9.97 Å². The average molecular weight is 376 g/mol. The van der Waals surface area contributed by atoms with Gasteiger partial charge in [-0.15, -0.1) is 0 Å². The SMILES string of the molecule is Cc1cc(N2CCOCC2)nc(CNC(=O)Cc2cccc3ccccc23)n1. The number of aryl methyl sites for hydroxylation is 1. The minimum absolute atomic E-state index is 0.0330. The van der Waals surface area contributed by atoms with E-state index < -0.39 is 0 Å². The smallest absolute Gasteiger partial charge is 0.224 e. The molecule has 1 saturated heterocycles. The van der Waals surface area contributed by atoms with E-state index in [0.717, 1.165) is 40.9 Å². The number of fused-ring (bicyclic) bond motifs is 1. The minimum Gasteiger partial charge on any atom is -0.378 e. The first-order valence-electron chi connectivity index (χ1n) is 9.59. The lowest BCUT2D eigenvalue weighted by Crippen LogP contribution is -2.37. The zero-order chi connectivity index (χ0) is 19.3. The molecule has 1 aromatic heterocycles. The van der Waals surface area contributed by atoms with Gasteiger partial charge >= 0.3 is 0 Å². The van der Waals surface area contributed by atoms with Crippen LogP contribution < -0.4 is 10.2 Å². The quantitative estimate of drug-likeness (QED) is 0.741. The number of carbonyl (C=O) groups is 1. The molecule has 1 N–H and O–H groups in total. The van der Waals surface area contributed by atoms with Gasteiger partial charge in [0.05, 0.1) is 26.2 Å². The molecule has 0 radical (unpaired) electrons. The predicted molar refractivity (Wildman–Crippen MR) is 109 cm³/mol. The summed E-state index contributed by atoms with van der Waals surface area (Å²) in [5, 5.41) is 5.22. The van der Waals surface area contributed by atoms with Gasteiger partial charge in [0.15, 0.2) is 0 Å². The number of rotatable bonds is 5. The molecule has 1 aliphatic heterocycles. The summed E-state index contributed by atoms with van der Waals surface area (Å²) in [5.41, 5.74) is 1.92. The molecular weight excluding hydrogens is 352 g/mol. The van der Waals surface area contributed by atoms with Crippen LogP contribution in [0.5, 0.6) is 0 Å². The zero-order valence-corrected chi connectivity index (χ0v) is 16.0. The number of anilines is 1. The van der Waals surface area contributed by atoms with Crippen LogP contribution in [0.3, 0.4) is 0 Å². The number of morpholine rings is 1. The first-order chi connectivity index (χ1) is 13.7. The Morgan fingerprint density at radius 2 is 1.89 bits per heavy atom. The molecule has 0 spiro atoms. The van der Waals surface area contributed by atoms with Crippen molar-refractivity contribution in [1.82, 2.24) is 15.3 Å². The highest BCUT2D eigenvalue weighted by atomic mass is 16.5. The summed E-state index contributed by atoms with van der Waals surface area (Å²) in [6.07, 6.45) is 0.337. The van der Waals surface area contributed by atoms with Gasteiger partial charge in [-0.1, -0.05) is 42.5 Å². The monoisotopic (exact) mass is 376 g/mol. The van der Waals surface area contributed by atoms with Crippen LogP contribution in [-0.4, -0.2) is 42.2 Å². The number of ether oxygens (including phenoxy) is 1. The lowest BCUT2D eigenvalue weighted by molar-refractivity contribution is -0.120. The van der Waals surface area contributed by atoms with Crippen molar-refractivity contribution in [3.8, 4) is 0 Å². The van der Waals surface area contributed by atoms with E-state index in [1.807, 2.05) is 37.3 Å². The van der Waals surface area contributed by atoms with Crippen molar-refractivity contribution in [2.45, 2.75) is 19.9 Å². The molecule has 6 nitrogen and oxygen atoms in total. The second-order valence-electron chi connectivity index (χ2n) is 6.97. The Labute approximate surface area is 164 Å².